The molecule has 0 aromatic carbocycles. The summed E-state index contributed by atoms with van der Waals surface area (Å²) in [7, 11) is 2.15. The maximum atomic E-state index is 5.38. The molecule has 1 aromatic heterocycles. The second-order valence-corrected chi connectivity index (χ2v) is 4.11. The average Bonchev–Trinajstić information content (AvgIpc) is 2.74. The molecule has 1 aromatic rings. The van der Waals surface area contributed by atoms with Crippen LogP contribution in [-0.2, 0) is 6.42 Å². The van der Waals surface area contributed by atoms with Crippen LogP contribution in [0.5, 0.6) is 0 Å². The van der Waals surface area contributed by atoms with Gasteiger partial charge in [-0.15, -0.1) is 0 Å². The van der Waals surface area contributed by atoms with Gasteiger partial charge in [-0.1, -0.05) is 18.5 Å². The minimum Gasteiger partial charge on any atom is -0.359 e. The monoisotopic (exact) mass is 194 g/mol. The van der Waals surface area contributed by atoms with Gasteiger partial charge in [-0.25, -0.2) is 0 Å². The first-order valence-electron chi connectivity index (χ1n) is 5.47. The minimum atomic E-state index is 0.466. The Morgan fingerprint density at radius 1 is 1.64 bits per heavy atom. The van der Waals surface area contributed by atoms with Gasteiger partial charge in [-0.05, 0) is 32.9 Å². The van der Waals surface area contributed by atoms with E-state index in [1.165, 1.54) is 19.4 Å². The Balaban J connectivity index is 2.08. The van der Waals surface area contributed by atoms with Gasteiger partial charge >= 0.3 is 0 Å². The lowest BCUT2D eigenvalue weighted by atomic mass is 10.1. The van der Waals surface area contributed by atoms with Crippen LogP contribution >= 0.6 is 0 Å². The third-order valence-corrected chi connectivity index (χ3v) is 2.93. The molecule has 1 aliphatic rings. The highest BCUT2D eigenvalue weighted by atomic mass is 16.5. The van der Waals surface area contributed by atoms with Crippen molar-refractivity contribution < 1.29 is 4.52 Å². The Morgan fingerprint density at radius 3 is 3.14 bits per heavy atom. The summed E-state index contributed by atoms with van der Waals surface area (Å²) in [6.45, 7) is 3.34. The van der Waals surface area contributed by atoms with Gasteiger partial charge in [0.1, 0.15) is 0 Å². The molecule has 0 unspecified atom stereocenters. The van der Waals surface area contributed by atoms with Gasteiger partial charge in [0.2, 0.25) is 0 Å². The first-order valence-corrected chi connectivity index (χ1v) is 5.47. The van der Waals surface area contributed by atoms with Crippen molar-refractivity contribution in [2.24, 2.45) is 0 Å². The van der Waals surface area contributed by atoms with Crippen molar-refractivity contribution in [2.75, 3.05) is 13.6 Å². The first-order chi connectivity index (χ1) is 6.81. The molecule has 0 radical (unpaired) electrons. The van der Waals surface area contributed by atoms with Crippen LogP contribution in [0.15, 0.2) is 10.6 Å². The van der Waals surface area contributed by atoms with Crippen molar-refractivity contribution in [3.8, 4) is 0 Å². The van der Waals surface area contributed by atoms with Crippen molar-refractivity contribution in [1.29, 1.82) is 0 Å². The van der Waals surface area contributed by atoms with Gasteiger partial charge in [0.05, 0.1) is 11.7 Å². The van der Waals surface area contributed by atoms with Crippen molar-refractivity contribution in [2.45, 2.75) is 38.6 Å². The van der Waals surface area contributed by atoms with E-state index in [1.807, 2.05) is 0 Å². The summed E-state index contributed by atoms with van der Waals surface area (Å²) in [6, 6.07) is 2.59. The fourth-order valence-corrected chi connectivity index (χ4v) is 2.13. The fraction of sp³-hybridized carbons (Fsp3) is 0.727. The molecule has 1 atom stereocenters. The Labute approximate surface area is 85.1 Å². The van der Waals surface area contributed by atoms with E-state index < -0.39 is 0 Å². The second kappa shape index (κ2) is 4.13. The van der Waals surface area contributed by atoms with E-state index in [4.69, 9.17) is 4.52 Å². The van der Waals surface area contributed by atoms with Crippen LogP contribution in [0.25, 0.3) is 0 Å². The van der Waals surface area contributed by atoms with Gasteiger partial charge in [0, 0.05) is 6.07 Å². The summed E-state index contributed by atoms with van der Waals surface area (Å²) in [4.78, 5) is 2.34. The standard InChI is InChI=1S/C11H18N2O/c1-3-5-9-8-11(14-12-9)10-6-4-7-13(10)2/h8,10H,3-7H2,1-2H3/t10-/m0/s1. The second-order valence-electron chi connectivity index (χ2n) is 4.11. The van der Waals surface area contributed by atoms with Gasteiger partial charge in [0.15, 0.2) is 5.76 Å². The SMILES string of the molecule is CCCc1cc([C@@H]2CCCN2C)on1. The topological polar surface area (TPSA) is 29.3 Å². The predicted octanol–water partition coefficient (Wildman–Crippen LogP) is 2.39. The number of aromatic nitrogens is 1. The molecule has 1 saturated heterocycles. The number of hydrogen-bond acceptors (Lipinski definition) is 3. The molecule has 0 bridgehead atoms. The van der Waals surface area contributed by atoms with E-state index >= 15 is 0 Å². The normalized spacial score (nSPS) is 23.1. The zero-order valence-corrected chi connectivity index (χ0v) is 8.99. The van der Waals surface area contributed by atoms with Gasteiger partial charge in [-0.3, -0.25) is 4.90 Å². The summed E-state index contributed by atoms with van der Waals surface area (Å²) in [5.41, 5.74) is 1.10. The minimum absolute atomic E-state index is 0.466. The van der Waals surface area contributed by atoms with E-state index in [0.717, 1.165) is 24.3 Å². The number of likely N-dealkylation sites (tertiary alicyclic amines) is 1. The van der Waals surface area contributed by atoms with Crippen molar-refractivity contribution >= 4 is 0 Å². The lowest BCUT2D eigenvalue weighted by Crippen LogP contribution is -2.16. The van der Waals surface area contributed by atoms with E-state index in [-0.39, 0.29) is 0 Å². The molecule has 0 spiro atoms. The summed E-state index contributed by atoms with van der Waals surface area (Å²) >= 11 is 0. The van der Waals surface area contributed by atoms with E-state index in [9.17, 15) is 0 Å². The van der Waals surface area contributed by atoms with Gasteiger partial charge in [0.25, 0.3) is 0 Å². The van der Waals surface area contributed by atoms with Crippen LogP contribution in [0.4, 0.5) is 0 Å². The van der Waals surface area contributed by atoms with E-state index in [1.54, 1.807) is 0 Å². The first kappa shape index (κ1) is 9.71. The average molecular weight is 194 g/mol. The van der Waals surface area contributed by atoms with Crippen LogP contribution in [0.3, 0.4) is 0 Å². The molecule has 2 heterocycles. The number of hydrogen-bond donors (Lipinski definition) is 0. The molecule has 3 heteroatoms. The van der Waals surface area contributed by atoms with Crippen molar-refractivity contribution in [3.63, 3.8) is 0 Å². The highest BCUT2D eigenvalue weighted by Crippen LogP contribution is 2.30. The van der Waals surface area contributed by atoms with Crippen molar-refractivity contribution in [3.05, 3.63) is 17.5 Å². The molecule has 14 heavy (non-hydrogen) atoms. The zero-order valence-electron chi connectivity index (χ0n) is 8.99. The largest absolute Gasteiger partial charge is 0.359 e. The quantitative estimate of drug-likeness (QED) is 0.740. The molecule has 1 aliphatic heterocycles. The van der Waals surface area contributed by atoms with Crippen LogP contribution in [0.1, 0.15) is 43.7 Å². The molecule has 0 saturated carbocycles. The maximum Gasteiger partial charge on any atom is 0.154 e. The van der Waals surface area contributed by atoms with Crippen molar-refractivity contribution in [1.82, 2.24) is 10.1 Å². The molecule has 3 nitrogen and oxygen atoms in total. The van der Waals surface area contributed by atoms with Gasteiger partial charge < -0.3 is 4.52 Å². The Morgan fingerprint density at radius 2 is 2.50 bits per heavy atom. The Kier molecular flexibility index (Phi) is 2.87. The fourth-order valence-electron chi connectivity index (χ4n) is 2.13. The summed E-state index contributed by atoms with van der Waals surface area (Å²) < 4.78 is 5.38. The van der Waals surface area contributed by atoms with Crippen LogP contribution in [-0.4, -0.2) is 23.6 Å². The lowest BCUT2D eigenvalue weighted by molar-refractivity contribution is 0.251. The highest BCUT2D eigenvalue weighted by Gasteiger charge is 2.25. The Hall–Kier alpha value is -0.830. The third-order valence-electron chi connectivity index (χ3n) is 2.93. The molecular weight excluding hydrogens is 176 g/mol. The molecule has 0 aliphatic carbocycles. The molecule has 1 fully saturated rings. The summed E-state index contributed by atoms with van der Waals surface area (Å²) in [6.07, 6.45) is 4.63. The third kappa shape index (κ3) is 1.82. The van der Waals surface area contributed by atoms with Gasteiger partial charge in [-0.2, -0.15) is 0 Å². The lowest BCUT2D eigenvalue weighted by Gasteiger charge is -2.15. The number of nitrogens with zero attached hydrogens (tertiary/aromatic N) is 2. The van der Waals surface area contributed by atoms with Crippen LogP contribution < -0.4 is 0 Å². The van der Waals surface area contributed by atoms with E-state index in [0.29, 0.717) is 6.04 Å². The zero-order chi connectivity index (χ0) is 9.97. The maximum absolute atomic E-state index is 5.38. The van der Waals surface area contributed by atoms with E-state index in [2.05, 4.69) is 30.1 Å². The molecule has 78 valence electrons. The van der Waals surface area contributed by atoms with Crippen LogP contribution in [0, 0.1) is 0 Å². The molecule has 0 N–H and O–H groups in total. The number of rotatable bonds is 3. The Bertz CT molecular complexity index is 295. The molecular formula is C11H18N2O. The number of aryl methyl sites for hydroxylation is 1. The summed E-state index contributed by atoms with van der Waals surface area (Å²) in [5, 5.41) is 4.08. The molecule has 0 amide bonds. The smallest absolute Gasteiger partial charge is 0.154 e. The summed E-state index contributed by atoms with van der Waals surface area (Å²) in [5.74, 6) is 1.05. The van der Waals surface area contributed by atoms with Crippen LogP contribution in [0.2, 0.25) is 0 Å². The predicted molar refractivity (Wildman–Crippen MR) is 55.1 cm³/mol. The highest BCUT2D eigenvalue weighted by molar-refractivity contribution is 5.10. The molecule has 2 rings (SSSR count).